The van der Waals surface area contributed by atoms with E-state index in [0.29, 0.717) is 48.4 Å². The lowest BCUT2D eigenvalue weighted by atomic mass is 10.1. The number of nitro groups is 1. The normalized spacial score (nSPS) is 14.9. The fourth-order valence-corrected chi connectivity index (χ4v) is 4.19. The Hall–Kier alpha value is -2.84. The summed E-state index contributed by atoms with van der Waals surface area (Å²) in [5.41, 5.74) is 1.39. The van der Waals surface area contributed by atoms with Gasteiger partial charge in [0.05, 0.1) is 18.2 Å². The first-order valence-electron chi connectivity index (χ1n) is 11.5. The van der Waals surface area contributed by atoms with E-state index in [-0.39, 0.29) is 23.3 Å². The molecule has 9 heteroatoms. The number of nitrogens with zero attached hydrogens (tertiary/aromatic N) is 2. The molecular weight excluding hydrogens is 458 g/mol. The summed E-state index contributed by atoms with van der Waals surface area (Å²) in [7, 11) is 0. The number of fused-ring (bicyclic) bond motifs is 1. The maximum Gasteiger partial charge on any atom is 0.291 e. The molecule has 0 saturated heterocycles. The van der Waals surface area contributed by atoms with Gasteiger partial charge in [0.2, 0.25) is 5.91 Å². The van der Waals surface area contributed by atoms with Crippen LogP contribution in [-0.4, -0.2) is 42.0 Å². The van der Waals surface area contributed by atoms with Crippen LogP contribution >= 0.6 is 11.6 Å². The molecule has 0 radical (unpaired) electrons. The second kappa shape index (κ2) is 12.0. The topological polar surface area (TPSA) is 93.9 Å². The molecule has 3 rings (SSSR count). The van der Waals surface area contributed by atoms with Crippen molar-refractivity contribution in [3.8, 4) is 11.5 Å². The molecule has 1 N–H and O–H groups in total. The monoisotopic (exact) mass is 489 g/mol. The Balaban J connectivity index is 1.72. The molecule has 1 heterocycles. The third kappa shape index (κ3) is 6.84. The van der Waals surface area contributed by atoms with Crippen LogP contribution in [0.3, 0.4) is 0 Å². The van der Waals surface area contributed by atoms with E-state index < -0.39 is 12.1 Å². The highest BCUT2D eigenvalue weighted by atomic mass is 35.5. The molecule has 1 aliphatic rings. The highest BCUT2D eigenvalue weighted by Crippen LogP contribution is 2.38. The van der Waals surface area contributed by atoms with Crippen LogP contribution in [0.4, 0.5) is 0 Å². The molecule has 0 aromatic heterocycles. The van der Waals surface area contributed by atoms with Crippen LogP contribution in [0.5, 0.6) is 11.5 Å². The number of nitrogens with one attached hydrogen (secondary N) is 1. The number of hydrogen-bond donors (Lipinski definition) is 1. The average molecular weight is 490 g/mol. The Morgan fingerprint density at radius 3 is 2.56 bits per heavy atom. The quantitative estimate of drug-likeness (QED) is 0.295. The summed E-state index contributed by atoms with van der Waals surface area (Å²) in [5, 5.41) is 15.0. The number of hydrogen-bond acceptors (Lipinski definition) is 6. The molecule has 184 valence electrons. The van der Waals surface area contributed by atoms with Crippen molar-refractivity contribution in [2.24, 2.45) is 11.8 Å². The van der Waals surface area contributed by atoms with Gasteiger partial charge in [-0.2, -0.15) is 0 Å². The molecule has 0 aliphatic carbocycles. The highest BCUT2D eigenvalue weighted by Gasteiger charge is 2.27. The van der Waals surface area contributed by atoms with Gasteiger partial charge in [-0.25, -0.2) is 5.32 Å². The summed E-state index contributed by atoms with van der Waals surface area (Å²) in [6, 6.07) is 12.4. The fourth-order valence-electron chi connectivity index (χ4n) is 3.91. The summed E-state index contributed by atoms with van der Waals surface area (Å²) in [4.78, 5) is 26.3. The lowest BCUT2D eigenvalue weighted by Crippen LogP contribution is -2.42. The van der Waals surface area contributed by atoms with Gasteiger partial charge in [0.25, 0.3) is 6.17 Å². The van der Waals surface area contributed by atoms with E-state index in [0.717, 1.165) is 12.0 Å². The van der Waals surface area contributed by atoms with Crippen molar-refractivity contribution in [3.63, 3.8) is 0 Å². The van der Waals surface area contributed by atoms with E-state index in [4.69, 9.17) is 21.1 Å². The zero-order valence-corrected chi connectivity index (χ0v) is 20.6. The SMILES string of the molecule is CC(C)CN(Cc1cc(Cl)c2c(c1)OCCCO2)C(=O)C(C)CNC(c1ccccc1)[N+](=O)[O-]. The molecule has 2 aromatic rings. The Labute approximate surface area is 205 Å². The van der Waals surface area contributed by atoms with E-state index >= 15 is 0 Å². The third-order valence-electron chi connectivity index (χ3n) is 5.50. The van der Waals surface area contributed by atoms with E-state index in [1.165, 1.54) is 0 Å². The zero-order valence-electron chi connectivity index (χ0n) is 19.8. The number of amides is 1. The first-order chi connectivity index (χ1) is 16.3. The number of rotatable bonds is 10. The Bertz CT molecular complexity index is 986. The van der Waals surface area contributed by atoms with Crippen LogP contribution in [0.2, 0.25) is 5.02 Å². The maximum absolute atomic E-state index is 13.4. The summed E-state index contributed by atoms with van der Waals surface area (Å²) < 4.78 is 11.5. The Morgan fingerprint density at radius 1 is 1.18 bits per heavy atom. The standard InChI is InChI=1S/C25H32ClN3O5/c1-17(2)15-28(16-19-12-21(26)23-22(13-19)33-10-7-11-34-23)25(30)18(3)14-27-24(29(31)32)20-8-5-4-6-9-20/h4-6,8-9,12-13,17-18,24,27H,7,10-11,14-16H2,1-3H3. The fraction of sp³-hybridized carbons (Fsp3) is 0.480. The minimum absolute atomic E-state index is 0.0837. The zero-order chi connectivity index (χ0) is 24.7. The van der Waals surface area contributed by atoms with Gasteiger partial charge in [-0.1, -0.05) is 62.7 Å². The van der Waals surface area contributed by atoms with Gasteiger partial charge >= 0.3 is 0 Å². The van der Waals surface area contributed by atoms with Gasteiger partial charge in [-0.05, 0) is 23.6 Å². The summed E-state index contributed by atoms with van der Waals surface area (Å²) >= 11 is 6.44. The minimum Gasteiger partial charge on any atom is -0.489 e. The van der Waals surface area contributed by atoms with E-state index in [1.54, 1.807) is 42.2 Å². The van der Waals surface area contributed by atoms with E-state index in [1.807, 2.05) is 26.0 Å². The summed E-state index contributed by atoms with van der Waals surface area (Å²) in [5.74, 6) is 0.827. The summed E-state index contributed by atoms with van der Waals surface area (Å²) in [6.07, 6.45) is -0.299. The van der Waals surface area contributed by atoms with Gasteiger partial charge < -0.3 is 14.4 Å². The molecular formula is C25H32ClN3O5. The van der Waals surface area contributed by atoms with Gasteiger partial charge in [0.1, 0.15) is 0 Å². The lowest BCUT2D eigenvalue weighted by molar-refractivity contribution is -0.536. The number of carbonyl (C=O) groups excluding carboxylic acids is 1. The van der Waals surface area contributed by atoms with Crippen molar-refractivity contribution in [1.82, 2.24) is 10.2 Å². The predicted octanol–water partition coefficient (Wildman–Crippen LogP) is 4.69. The lowest BCUT2D eigenvalue weighted by Gasteiger charge is -2.28. The number of ether oxygens (including phenoxy) is 2. The van der Waals surface area contributed by atoms with Gasteiger partial charge in [0, 0.05) is 42.5 Å². The van der Waals surface area contributed by atoms with Crippen molar-refractivity contribution in [2.45, 2.75) is 39.9 Å². The maximum atomic E-state index is 13.4. The first kappa shape index (κ1) is 25.8. The smallest absolute Gasteiger partial charge is 0.291 e. The van der Waals surface area contributed by atoms with Crippen LogP contribution in [0.15, 0.2) is 42.5 Å². The van der Waals surface area contributed by atoms with Gasteiger partial charge in [-0.15, -0.1) is 0 Å². The van der Waals surface area contributed by atoms with Crippen molar-refractivity contribution < 1.29 is 19.2 Å². The Kier molecular flexibility index (Phi) is 9.12. The van der Waals surface area contributed by atoms with Crippen LogP contribution < -0.4 is 14.8 Å². The number of benzene rings is 2. The van der Waals surface area contributed by atoms with Gasteiger partial charge in [0.15, 0.2) is 11.5 Å². The molecule has 0 fully saturated rings. The second-order valence-electron chi connectivity index (χ2n) is 8.98. The van der Waals surface area contributed by atoms with Crippen molar-refractivity contribution >= 4 is 17.5 Å². The molecule has 0 spiro atoms. The number of halogens is 1. The minimum atomic E-state index is -1.07. The van der Waals surface area contributed by atoms with E-state index in [2.05, 4.69) is 5.32 Å². The molecule has 8 nitrogen and oxygen atoms in total. The third-order valence-corrected chi connectivity index (χ3v) is 5.78. The largest absolute Gasteiger partial charge is 0.489 e. The molecule has 0 saturated carbocycles. The molecule has 2 unspecified atom stereocenters. The van der Waals surface area contributed by atoms with Crippen LogP contribution in [-0.2, 0) is 11.3 Å². The predicted molar refractivity (Wildman–Crippen MR) is 131 cm³/mol. The van der Waals surface area contributed by atoms with Crippen molar-refractivity contribution in [2.75, 3.05) is 26.3 Å². The van der Waals surface area contributed by atoms with Crippen LogP contribution in [0.1, 0.15) is 44.5 Å². The highest BCUT2D eigenvalue weighted by molar-refractivity contribution is 6.32. The van der Waals surface area contributed by atoms with Crippen molar-refractivity contribution in [1.29, 1.82) is 0 Å². The van der Waals surface area contributed by atoms with E-state index in [9.17, 15) is 14.9 Å². The molecule has 1 aliphatic heterocycles. The second-order valence-corrected chi connectivity index (χ2v) is 9.38. The molecule has 1 amide bonds. The average Bonchev–Trinajstić information content (AvgIpc) is 3.04. The number of carbonyl (C=O) groups is 1. The van der Waals surface area contributed by atoms with Gasteiger partial charge in [-0.3, -0.25) is 14.9 Å². The molecule has 0 bridgehead atoms. The molecule has 2 atom stereocenters. The Morgan fingerprint density at radius 2 is 1.88 bits per heavy atom. The molecule has 2 aromatic carbocycles. The van der Waals surface area contributed by atoms with Crippen LogP contribution in [0, 0.1) is 22.0 Å². The van der Waals surface area contributed by atoms with Crippen LogP contribution in [0.25, 0.3) is 0 Å². The first-order valence-corrected chi connectivity index (χ1v) is 11.9. The summed E-state index contributed by atoms with van der Waals surface area (Å²) in [6.45, 7) is 8.04. The van der Waals surface area contributed by atoms with Crippen molar-refractivity contribution in [3.05, 3.63) is 68.7 Å². The molecule has 34 heavy (non-hydrogen) atoms.